The number of anilines is 6. The summed E-state index contributed by atoms with van der Waals surface area (Å²) in [4.78, 5) is 5.24. The first-order valence-electron chi connectivity index (χ1n) is 44.5. The lowest BCUT2D eigenvalue weighted by atomic mass is 9.33. The van der Waals surface area contributed by atoms with Crippen LogP contribution in [-0.2, 0) is 43.3 Å². The van der Waals surface area contributed by atoms with E-state index in [4.69, 9.17) is 8.83 Å². The zero-order chi connectivity index (χ0) is 86.4. The van der Waals surface area contributed by atoms with Crippen molar-refractivity contribution in [2.24, 2.45) is 0 Å². The van der Waals surface area contributed by atoms with Gasteiger partial charge in [0.15, 0.2) is 11.2 Å². The molecule has 14 aromatic carbocycles. The van der Waals surface area contributed by atoms with E-state index in [1.165, 1.54) is 82.4 Å². The van der Waals surface area contributed by atoms with Crippen LogP contribution in [-0.4, -0.2) is 15.8 Å². The van der Waals surface area contributed by atoms with Crippen LogP contribution in [0.4, 0.5) is 34.1 Å². The highest BCUT2D eigenvalue weighted by Crippen LogP contribution is 2.54. The molecule has 0 saturated heterocycles. The number of benzene rings is 14. The third-order valence-corrected chi connectivity index (χ3v) is 27.1. The number of para-hydroxylation sites is 4. The molecule has 20 rings (SSSR count). The smallest absolute Gasteiger partial charge is 0.252 e. The van der Waals surface area contributed by atoms with Gasteiger partial charge in [0, 0.05) is 88.3 Å². The minimum Gasteiger partial charge on any atom is -0.453 e. The normalized spacial score (nSPS) is 13.8. The van der Waals surface area contributed by atoms with Crippen LogP contribution in [0.15, 0.2) is 270 Å². The third-order valence-electron chi connectivity index (χ3n) is 27.1. The first-order valence-corrected chi connectivity index (χ1v) is 44.5. The Hall–Kier alpha value is -12.1. The highest BCUT2D eigenvalue weighted by molar-refractivity contribution is 7.00. The maximum absolute atomic E-state index is 7.86. The summed E-state index contributed by atoms with van der Waals surface area (Å²) in [6, 6.07) is 102. The van der Waals surface area contributed by atoms with E-state index in [1.54, 1.807) is 0 Å². The van der Waals surface area contributed by atoms with Crippen molar-refractivity contribution in [2.45, 2.75) is 209 Å². The summed E-state index contributed by atoms with van der Waals surface area (Å²) in [5.41, 5.74) is 36.1. The lowest BCUT2D eigenvalue weighted by molar-refractivity contribution is 0.569. The van der Waals surface area contributed by atoms with E-state index < -0.39 is 0 Å². The van der Waals surface area contributed by atoms with E-state index in [0.717, 1.165) is 145 Å². The van der Waals surface area contributed by atoms with Gasteiger partial charge in [-0.05, 0) is 224 Å². The molecule has 2 aliphatic heterocycles. The number of hydrogen-bond acceptors (Lipinski definition) is 4. The van der Waals surface area contributed by atoms with Crippen molar-refractivity contribution in [3.8, 4) is 44.8 Å². The first-order chi connectivity index (χ1) is 58.0. The summed E-state index contributed by atoms with van der Waals surface area (Å²) in [7, 11) is 0. The highest BCUT2D eigenvalue weighted by Gasteiger charge is 2.46. The highest BCUT2D eigenvalue weighted by atomic mass is 16.3. The number of nitrogens with zero attached hydrogens (tertiary/aromatic N) is 4. The van der Waals surface area contributed by atoms with Crippen molar-refractivity contribution in [3.63, 3.8) is 0 Å². The van der Waals surface area contributed by atoms with Crippen LogP contribution in [0, 0.1) is 0 Å². The molecule has 0 saturated carbocycles. The third kappa shape index (κ3) is 13.0. The number of furan rings is 2. The molecule has 4 aromatic heterocycles. The van der Waals surface area contributed by atoms with Crippen molar-refractivity contribution in [1.29, 1.82) is 0 Å². The van der Waals surface area contributed by atoms with E-state index in [2.05, 4.69) is 446 Å². The molecule has 6 heterocycles. The monoisotopic (exact) mass is 1610 g/mol. The van der Waals surface area contributed by atoms with Gasteiger partial charge < -0.3 is 27.8 Å². The molecule has 123 heavy (non-hydrogen) atoms. The Morgan fingerprint density at radius 1 is 0.211 bits per heavy atom. The molecular formula is C116H115BN4O2. The molecule has 0 spiro atoms. The minimum atomic E-state index is -0.312. The van der Waals surface area contributed by atoms with Gasteiger partial charge in [0.2, 0.25) is 0 Å². The van der Waals surface area contributed by atoms with Crippen molar-refractivity contribution in [1.82, 2.24) is 9.13 Å². The summed E-state index contributed by atoms with van der Waals surface area (Å²) in [5, 5.41) is 9.23. The summed E-state index contributed by atoms with van der Waals surface area (Å²) in [6.45, 7) is 55.6. The lowest BCUT2D eigenvalue weighted by Crippen LogP contribution is -2.61. The predicted octanol–water partition coefficient (Wildman–Crippen LogP) is 31.1. The molecule has 0 radical (unpaired) electrons. The van der Waals surface area contributed by atoms with Gasteiger partial charge in [0.1, 0.15) is 11.2 Å². The molecule has 2 aliphatic rings. The molecule has 0 amide bonds. The fraction of sp³-hybridized carbons (Fsp3) is 0.276. The Kier molecular flexibility index (Phi) is 17.6. The zero-order valence-corrected chi connectivity index (χ0v) is 76.5. The number of aromatic nitrogens is 2. The number of rotatable bonds is 7. The first kappa shape index (κ1) is 79.4. The largest absolute Gasteiger partial charge is 0.453 e. The average Bonchev–Trinajstić information content (AvgIpc) is 1.55. The fourth-order valence-electron chi connectivity index (χ4n) is 19.8. The lowest BCUT2D eigenvalue weighted by Gasteiger charge is -2.44. The van der Waals surface area contributed by atoms with Crippen molar-refractivity contribution < 1.29 is 8.83 Å². The van der Waals surface area contributed by atoms with Crippen LogP contribution >= 0.6 is 0 Å². The van der Waals surface area contributed by atoms with Crippen molar-refractivity contribution >= 4 is 145 Å². The molecule has 0 aliphatic carbocycles. The standard InChI is InChI=1S/C116H115BN4O2/c1-109(2,3)72-42-40-68(41-43-72)82-32-26-34-84-86-36-28-38-98(107(86)122-105(82)84)120-100-66-80(118-94-52-44-74(111(7,8)9)62-88(94)89-63-75(112(10,11)12)45-53-95(89)118)48-50-92(100)117-93-51-49-81(119-96-54-46-76(113(13,14)15)64-90(96)91-65-77(114(16,17)18)47-55-97(91)119)67-101(93)121(103-60-71(59-102(120)104(103)117)70-57-78(115(19,20)21)61-79(58-70)116(22,23)24)99-39-29-37-87-85-35-27-33-83(106(85)123-108(87)99)69-30-25-31-73(56-69)110(4,5)6/h25-67H,1-24H3. The Morgan fingerprint density at radius 2 is 0.528 bits per heavy atom. The van der Waals surface area contributed by atoms with E-state index in [0.29, 0.717) is 0 Å². The number of fused-ring (bicyclic) bond motifs is 16. The topological polar surface area (TPSA) is 42.6 Å². The van der Waals surface area contributed by atoms with E-state index in [9.17, 15) is 0 Å². The molecule has 18 aromatic rings. The van der Waals surface area contributed by atoms with Gasteiger partial charge in [0.05, 0.1) is 33.4 Å². The SMILES string of the molecule is CC(C)(C)c1ccc(-c2cccc3c2oc2c(N4c5cc(-n6c7ccc(C(C)(C)C)cc7c7cc(C(C)(C)C)ccc76)ccc5B5c6ccc(-n7c8ccc(C(C)(C)C)cc8c8cc(C(C)(C)C)ccc87)cc6N(c6cccc7c6oc6c(-c8cccc(C(C)(C)C)c8)cccc67)c6cc(-c7cc(C(C)(C)C)cc(C(C)(C)C)c7)cc4c65)cccc23)cc1. The van der Waals surface area contributed by atoms with Crippen molar-refractivity contribution in [2.75, 3.05) is 9.80 Å². The van der Waals surface area contributed by atoms with Crippen LogP contribution in [0.25, 0.3) is 132 Å². The fourth-order valence-corrected chi connectivity index (χ4v) is 19.8. The second-order valence-electron chi connectivity index (χ2n) is 44.0. The quantitative estimate of drug-likeness (QED) is 0.149. The maximum Gasteiger partial charge on any atom is 0.252 e. The van der Waals surface area contributed by atoms with Crippen LogP contribution in [0.3, 0.4) is 0 Å². The Labute approximate surface area is 727 Å². The maximum atomic E-state index is 7.86. The minimum absolute atomic E-state index is 0.00974. The van der Waals surface area contributed by atoms with Gasteiger partial charge in [-0.2, -0.15) is 0 Å². The molecular weight excluding hydrogens is 1490 g/mol. The summed E-state index contributed by atoms with van der Waals surface area (Å²) in [6.07, 6.45) is 0. The van der Waals surface area contributed by atoms with E-state index >= 15 is 0 Å². The molecule has 0 atom stereocenters. The van der Waals surface area contributed by atoms with Gasteiger partial charge in [-0.25, -0.2) is 0 Å². The van der Waals surface area contributed by atoms with Gasteiger partial charge in [-0.1, -0.05) is 330 Å². The Bertz CT molecular complexity index is 7270. The second-order valence-corrected chi connectivity index (χ2v) is 44.0. The van der Waals surface area contributed by atoms with E-state index in [1.807, 2.05) is 0 Å². The van der Waals surface area contributed by atoms with Crippen LogP contribution in [0.2, 0.25) is 0 Å². The molecule has 0 unspecified atom stereocenters. The molecule has 0 fully saturated rings. The average molecular weight is 1610 g/mol. The molecule has 6 nitrogen and oxygen atoms in total. The van der Waals surface area contributed by atoms with Crippen molar-refractivity contribution in [3.05, 3.63) is 305 Å². The summed E-state index contributed by atoms with van der Waals surface area (Å²) >= 11 is 0. The second kappa shape index (κ2) is 27.2. The molecule has 7 heteroatoms. The Balaban J connectivity index is 0.941. The summed E-state index contributed by atoms with van der Waals surface area (Å²) in [5.74, 6) is 0. The van der Waals surface area contributed by atoms with Gasteiger partial charge in [-0.15, -0.1) is 0 Å². The van der Waals surface area contributed by atoms with Gasteiger partial charge in [-0.3, -0.25) is 0 Å². The van der Waals surface area contributed by atoms with Crippen LogP contribution in [0.1, 0.15) is 211 Å². The predicted molar refractivity (Wildman–Crippen MR) is 530 cm³/mol. The molecule has 0 N–H and O–H groups in total. The molecule has 0 bridgehead atoms. The summed E-state index contributed by atoms with van der Waals surface area (Å²) < 4.78 is 20.8. The number of hydrogen-bond donors (Lipinski definition) is 0. The van der Waals surface area contributed by atoms with E-state index in [-0.39, 0.29) is 50.0 Å². The zero-order valence-electron chi connectivity index (χ0n) is 76.5. The van der Waals surface area contributed by atoms with Crippen LogP contribution < -0.4 is 26.2 Å². The Morgan fingerprint density at radius 3 is 0.902 bits per heavy atom. The van der Waals surface area contributed by atoms with Gasteiger partial charge >= 0.3 is 0 Å². The van der Waals surface area contributed by atoms with Crippen LogP contribution in [0.5, 0.6) is 0 Å². The van der Waals surface area contributed by atoms with Gasteiger partial charge in [0.25, 0.3) is 6.71 Å². The molecule has 614 valence electrons.